The fraction of sp³-hybridized carbons (Fsp3) is 0.778. The summed E-state index contributed by atoms with van der Waals surface area (Å²) in [4.78, 5) is 0. The highest BCUT2D eigenvalue weighted by molar-refractivity contribution is 4.95. The lowest BCUT2D eigenvalue weighted by atomic mass is 10.3. The molecule has 0 amide bonds. The van der Waals surface area contributed by atoms with Crippen LogP contribution in [0.4, 0.5) is 0 Å². The largest absolute Gasteiger partial charge is 0.380 e. The number of methoxy groups -OCH3 is 1. The second-order valence-corrected chi connectivity index (χ2v) is 2.43. The molecular formula is C9H17NO. The molecule has 0 saturated carbocycles. The maximum Gasteiger partial charge on any atom is 0.0667 e. The van der Waals surface area contributed by atoms with Gasteiger partial charge in [0.25, 0.3) is 0 Å². The van der Waals surface area contributed by atoms with Crippen LogP contribution in [0, 0.1) is 11.8 Å². The Kier molecular flexibility index (Phi) is 7.23. The molecule has 2 nitrogen and oxygen atoms in total. The first-order chi connectivity index (χ1) is 5.31. The molecule has 0 aromatic heterocycles. The standard InChI is InChI=1S/C9H17NO/c1-4-5-6-7-10-8-9(2)11-3/h9-10H,6-8H2,1-3H3. The summed E-state index contributed by atoms with van der Waals surface area (Å²) in [6.45, 7) is 5.76. The summed E-state index contributed by atoms with van der Waals surface area (Å²) in [5.74, 6) is 5.84. The van der Waals surface area contributed by atoms with E-state index in [4.69, 9.17) is 4.74 Å². The van der Waals surface area contributed by atoms with Crippen molar-refractivity contribution in [1.82, 2.24) is 5.32 Å². The third-order valence-electron chi connectivity index (χ3n) is 1.44. The molecule has 1 N–H and O–H groups in total. The van der Waals surface area contributed by atoms with Gasteiger partial charge in [-0.2, -0.15) is 0 Å². The fourth-order valence-corrected chi connectivity index (χ4v) is 0.665. The van der Waals surface area contributed by atoms with Gasteiger partial charge in [-0.3, -0.25) is 0 Å². The Morgan fingerprint density at radius 2 is 2.27 bits per heavy atom. The van der Waals surface area contributed by atoms with Crippen molar-refractivity contribution in [2.45, 2.75) is 26.4 Å². The minimum atomic E-state index is 0.296. The number of nitrogens with one attached hydrogen (secondary N) is 1. The smallest absolute Gasteiger partial charge is 0.0667 e. The Morgan fingerprint density at radius 1 is 1.55 bits per heavy atom. The van der Waals surface area contributed by atoms with Crippen molar-refractivity contribution < 1.29 is 4.74 Å². The molecule has 0 bridgehead atoms. The maximum absolute atomic E-state index is 5.06. The Bertz CT molecular complexity index is 134. The fourth-order valence-electron chi connectivity index (χ4n) is 0.665. The summed E-state index contributed by atoms with van der Waals surface area (Å²) in [5.41, 5.74) is 0. The van der Waals surface area contributed by atoms with Gasteiger partial charge in [-0.15, -0.1) is 11.8 Å². The Hall–Kier alpha value is -0.520. The van der Waals surface area contributed by atoms with E-state index >= 15 is 0 Å². The van der Waals surface area contributed by atoms with E-state index in [0.717, 1.165) is 19.5 Å². The van der Waals surface area contributed by atoms with E-state index in [1.54, 1.807) is 7.11 Å². The van der Waals surface area contributed by atoms with Gasteiger partial charge in [-0.1, -0.05) is 0 Å². The molecule has 0 aromatic rings. The summed E-state index contributed by atoms with van der Waals surface area (Å²) < 4.78 is 5.06. The first kappa shape index (κ1) is 10.5. The van der Waals surface area contributed by atoms with Crippen LogP contribution in [0.25, 0.3) is 0 Å². The molecule has 2 heteroatoms. The molecule has 1 unspecified atom stereocenters. The minimum absolute atomic E-state index is 0.296. The van der Waals surface area contributed by atoms with Gasteiger partial charge < -0.3 is 10.1 Å². The van der Waals surface area contributed by atoms with Crippen LogP contribution in [0.5, 0.6) is 0 Å². The van der Waals surface area contributed by atoms with Crippen LogP contribution in [0.3, 0.4) is 0 Å². The van der Waals surface area contributed by atoms with Crippen molar-refractivity contribution in [3.63, 3.8) is 0 Å². The van der Waals surface area contributed by atoms with Gasteiger partial charge >= 0.3 is 0 Å². The van der Waals surface area contributed by atoms with Gasteiger partial charge in [0.2, 0.25) is 0 Å². The predicted octanol–water partition coefficient (Wildman–Crippen LogP) is 1.02. The first-order valence-electron chi connectivity index (χ1n) is 3.94. The zero-order valence-corrected chi connectivity index (χ0v) is 7.61. The van der Waals surface area contributed by atoms with E-state index in [-0.39, 0.29) is 0 Å². The summed E-state index contributed by atoms with van der Waals surface area (Å²) in [5, 5.41) is 3.24. The third-order valence-corrected chi connectivity index (χ3v) is 1.44. The molecule has 0 aliphatic heterocycles. The molecule has 64 valence electrons. The van der Waals surface area contributed by atoms with Gasteiger partial charge in [0.05, 0.1) is 6.10 Å². The second kappa shape index (κ2) is 7.59. The van der Waals surface area contributed by atoms with Crippen LogP contribution in [0.15, 0.2) is 0 Å². The summed E-state index contributed by atoms with van der Waals surface area (Å²) in [6, 6.07) is 0. The van der Waals surface area contributed by atoms with Crippen molar-refractivity contribution in [1.29, 1.82) is 0 Å². The second-order valence-electron chi connectivity index (χ2n) is 2.43. The highest BCUT2D eigenvalue weighted by Crippen LogP contribution is 1.83. The molecule has 0 heterocycles. The van der Waals surface area contributed by atoms with Gasteiger partial charge in [-0.05, 0) is 13.8 Å². The van der Waals surface area contributed by atoms with Crippen molar-refractivity contribution >= 4 is 0 Å². The van der Waals surface area contributed by atoms with Crippen LogP contribution < -0.4 is 5.32 Å². The van der Waals surface area contributed by atoms with E-state index in [2.05, 4.69) is 17.2 Å². The van der Waals surface area contributed by atoms with Gasteiger partial charge in [-0.25, -0.2) is 0 Å². The molecule has 0 fully saturated rings. The zero-order valence-electron chi connectivity index (χ0n) is 7.61. The van der Waals surface area contributed by atoms with Gasteiger partial charge in [0.15, 0.2) is 0 Å². The summed E-state index contributed by atoms with van der Waals surface area (Å²) >= 11 is 0. The molecular weight excluding hydrogens is 138 g/mol. The van der Waals surface area contributed by atoms with E-state index in [0.29, 0.717) is 6.10 Å². The van der Waals surface area contributed by atoms with Crippen LogP contribution in [-0.4, -0.2) is 26.3 Å². The molecule has 0 rings (SSSR count). The highest BCUT2D eigenvalue weighted by Gasteiger charge is 1.95. The molecule has 0 saturated heterocycles. The maximum atomic E-state index is 5.06. The summed E-state index contributed by atoms with van der Waals surface area (Å²) in [6.07, 6.45) is 1.22. The Balaban J connectivity index is 3.05. The normalized spacial score (nSPS) is 11.9. The average molecular weight is 155 g/mol. The monoisotopic (exact) mass is 155 g/mol. The van der Waals surface area contributed by atoms with E-state index < -0.39 is 0 Å². The molecule has 0 aliphatic rings. The van der Waals surface area contributed by atoms with Gasteiger partial charge in [0.1, 0.15) is 0 Å². The van der Waals surface area contributed by atoms with Crippen LogP contribution in [0.2, 0.25) is 0 Å². The molecule has 11 heavy (non-hydrogen) atoms. The average Bonchev–Trinajstić information content (AvgIpc) is 2.04. The lowest BCUT2D eigenvalue weighted by Gasteiger charge is -2.08. The Labute approximate surface area is 69.3 Å². The van der Waals surface area contributed by atoms with Gasteiger partial charge in [0, 0.05) is 26.6 Å². The van der Waals surface area contributed by atoms with E-state index in [1.165, 1.54) is 0 Å². The number of rotatable bonds is 5. The topological polar surface area (TPSA) is 21.3 Å². The third kappa shape index (κ3) is 7.38. The molecule has 0 aliphatic carbocycles. The number of ether oxygens (including phenoxy) is 1. The molecule has 1 atom stereocenters. The van der Waals surface area contributed by atoms with Crippen molar-refractivity contribution in [2.24, 2.45) is 0 Å². The number of hydrogen-bond acceptors (Lipinski definition) is 2. The molecule has 0 spiro atoms. The van der Waals surface area contributed by atoms with Crippen LogP contribution in [0.1, 0.15) is 20.3 Å². The van der Waals surface area contributed by atoms with Crippen LogP contribution >= 0.6 is 0 Å². The SMILES string of the molecule is CC#CCCNCC(C)OC. The minimum Gasteiger partial charge on any atom is -0.380 e. The Morgan fingerprint density at radius 3 is 2.82 bits per heavy atom. The molecule has 0 radical (unpaired) electrons. The van der Waals surface area contributed by atoms with E-state index in [9.17, 15) is 0 Å². The van der Waals surface area contributed by atoms with Crippen molar-refractivity contribution in [2.75, 3.05) is 20.2 Å². The van der Waals surface area contributed by atoms with Crippen LogP contribution in [-0.2, 0) is 4.74 Å². The predicted molar refractivity (Wildman–Crippen MR) is 47.4 cm³/mol. The quantitative estimate of drug-likeness (QED) is 0.473. The van der Waals surface area contributed by atoms with Crippen molar-refractivity contribution in [3.8, 4) is 11.8 Å². The van der Waals surface area contributed by atoms with E-state index in [1.807, 2.05) is 13.8 Å². The first-order valence-corrected chi connectivity index (χ1v) is 3.94. The summed E-state index contributed by atoms with van der Waals surface area (Å²) in [7, 11) is 1.72. The lowest BCUT2D eigenvalue weighted by Crippen LogP contribution is -2.26. The zero-order chi connectivity index (χ0) is 8.53. The lowest BCUT2D eigenvalue weighted by molar-refractivity contribution is 0.117. The number of hydrogen-bond donors (Lipinski definition) is 1. The highest BCUT2D eigenvalue weighted by atomic mass is 16.5. The van der Waals surface area contributed by atoms with Crippen molar-refractivity contribution in [3.05, 3.63) is 0 Å². The molecule has 0 aromatic carbocycles.